The molecular formula is C10H14ClNO2. The Bertz CT molecular complexity index is 296. The second-order valence-electron chi connectivity index (χ2n) is 3.08. The van der Waals surface area contributed by atoms with Gasteiger partial charge in [0.25, 0.3) is 5.91 Å². The van der Waals surface area contributed by atoms with Gasteiger partial charge in [0.1, 0.15) is 0 Å². The van der Waals surface area contributed by atoms with Crippen LogP contribution in [0.3, 0.4) is 0 Å². The molecular weight excluding hydrogens is 202 g/mol. The molecule has 0 aliphatic rings. The topological polar surface area (TPSA) is 42.2 Å². The molecule has 14 heavy (non-hydrogen) atoms. The minimum atomic E-state index is -0.151. The molecule has 1 amide bonds. The first-order valence-corrected chi connectivity index (χ1v) is 5.17. The summed E-state index contributed by atoms with van der Waals surface area (Å²) in [4.78, 5) is 11.5. The fourth-order valence-corrected chi connectivity index (χ4v) is 1.30. The molecule has 0 fully saturated rings. The molecule has 0 spiro atoms. The number of hydrogen-bond donors (Lipinski definition) is 1. The van der Waals surface area contributed by atoms with Gasteiger partial charge in [-0.2, -0.15) is 0 Å². The standard InChI is InChI=1S/C10H14ClNO2/c1-8-4-7-14-9(8)10(13)12-6-3-2-5-11/h4,7H,2-3,5-6H2,1H3,(H,12,13). The van der Waals surface area contributed by atoms with Crippen LogP contribution in [-0.4, -0.2) is 18.3 Å². The van der Waals surface area contributed by atoms with Crippen molar-refractivity contribution in [2.75, 3.05) is 12.4 Å². The van der Waals surface area contributed by atoms with E-state index in [0.717, 1.165) is 18.4 Å². The second-order valence-corrected chi connectivity index (χ2v) is 3.46. The number of alkyl halides is 1. The summed E-state index contributed by atoms with van der Waals surface area (Å²) < 4.78 is 5.04. The third-order valence-electron chi connectivity index (χ3n) is 1.91. The van der Waals surface area contributed by atoms with Gasteiger partial charge < -0.3 is 9.73 Å². The van der Waals surface area contributed by atoms with Gasteiger partial charge in [-0.15, -0.1) is 11.6 Å². The predicted molar refractivity (Wildman–Crippen MR) is 55.7 cm³/mol. The predicted octanol–water partition coefficient (Wildman–Crippen LogP) is 2.34. The SMILES string of the molecule is Cc1ccoc1C(=O)NCCCCCl. The zero-order valence-corrected chi connectivity index (χ0v) is 8.93. The highest BCUT2D eigenvalue weighted by molar-refractivity contribution is 6.17. The maximum absolute atomic E-state index is 11.5. The van der Waals surface area contributed by atoms with E-state index in [1.54, 1.807) is 6.07 Å². The van der Waals surface area contributed by atoms with Gasteiger partial charge in [0.2, 0.25) is 0 Å². The van der Waals surface area contributed by atoms with E-state index in [1.165, 1.54) is 6.26 Å². The van der Waals surface area contributed by atoms with Gasteiger partial charge in [0.15, 0.2) is 5.76 Å². The maximum atomic E-state index is 11.5. The van der Waals surface area contributed by atoms with Crippen molar-refractivity contribution in [2.45, 2.75) is 19.8 Å². The molecule has 0 aliphatic carbocycles. The van der Waals surface area contributed by atoms with Crippen LogP contribution in [0.15, 0.2) is 16.7 Å². The molecule has 0 bridgehead atoms. The van der Waals surface area contributed by atoms with Crippen LogP contribution in [0, 0.1) is 6.92 Å². The van der Waals surface area contributed by atoms with Crippen LogP contribution < -0.4 is 5.32 Å². The highest BCUT2D eigenvalue weighted by atomic mass is 35.5. The molecule has 4 heteroatoms. The Morgan fingerprint density at radius 2 is 2.36 bits per heavy atom. The van der Waals surface area contributed by atoms with Gasteiger partial charge in [0.05, 0.1) is 6.26 Å². The number of hydrogen-bond acceptors (Lipinski definition) is 2. The molecule has 1 aromatic rings. The Morgan fingerprint density at radius 1 is 1.57 bits per heavy atom. The molecule has 0 atom stereocenters. The largest absolute Gasteiger partial charge is 0.459 e. The summed E-state index contributed by atoms with van der Waals surface area (Å²) in [7, 11) is 0. The van der Waals surface area contributed by atoms with Gasteiger partial charge >= 0.3 is 0 Å². The molecule has 0 aliphatic heterocycles. The van der Waals surface area contributed by atoms with Crippen molar-refractivity contribution in [1.29, 1.82) is 0 Å². The van der Waals surface area contributed by atoms with Crippen LogP contribution >= 0.6 is 11.6 Å². The van der Waals surface area contributed by atoms with E-state index in [0.29, 0.717) is 18.2 Å². The van der Waals surface area contributed by atoms with Crippen LogP contribution in [0.1, 0.15) is 29.0 Å². The van der Waals surface area contributed by atoms with Crippen molar-refractivity contribution in [1.82, 2.24) is 5.32 Å². The Morgan fingerprint density at radius 3 is 2.93 bits per heavy atom. The fraction of sp³-hybridized carbons (Fsp3) is 0.500. The van der Waals surface area contributed by atoms with Crippen molar-refractivity contribution in [3.8, 4) is 0 Å². The number of furan rings is 1. The quantitative estimate of drug-likeness (QED) is 0.605. The normalized spacial score (nSPS) is 10.1. The number of nitrogens with one attached hydrogen (secondary N) is 1. The van der Waals surface area contributed by atoms with Crippen molar-refractivity contribution < 1.29 is 9.21 Å². The van der Waals surface area contributed by atoms with Crippen molar-refractivity contribution in [3.05, 3.63) is 23.7 Å². The lowest BCUT2D eigenvalue weighted by molar-refractivity contribution is 0.0924. The van der Waals surface area contributed by atoms with Crippen LogP contribution in [0.25, 0.3) is 0 Å². The van der Waals surface area contributed by atoms with Crippen LogP contribution in [0.4, 0.5) is 0 Å². The van der Waals surface area contributed by atoms with Gasteiger partial charge in [-0.05, 0) is 25.8 Å². The summed E-state index contributed by atoms with van der Waals surface area (Å²) in [6.45, 7) is 2.49. The molecule has 0 radical (unpaired) electrons. The average molecular weight is 216 g/mol. The smallest absolute Gasteiger partial charge is 0.287 e. The summed E-state index contributed by atoms with van der Waals surface area (Å²) >= 11 is 5.51. The second kappa shape index (κ2) is 5.70. The summed E-state index contributed by atoms with van der Waals surface area (Å²) in [5, 5.41) is 2.77. The molecule has 1 aromatic heterocycles. The van der Waals surface area contributed by atoms with E-state index in [9.17, 15) is 4.79 Å². The van der Waals surface area contributed by atoms with Gasteiger partial charge in [-0.25, -0.2) is 0 Å². The number of rotatable bonds is 5. The van der Waals surface area contributed by atoms with Crippen molar-refractivity contribution >= 4 is 17.5 Å². The summed E-state index contributed by atoms with van der Waals surface area (Å²) in [6.07, 6.45) is 3.33. The minimum absolute atomic E-state index is 0.151. The number of amides is 1. The minimum Gasteiger partial charge on any atom is -0.459 e. The molecule has 1 rings (SSSR count). The van der Waals surface area contributed by atoms with Gasteiger partial charge in [-0.1, -0.05) is 0 Å². The van der Waals surface area contributed by atoms with Crippen molar-refractivity contribution in [2.24, 2.45) is 0 Å². The highest BCUT2D eigenvalue weighted by Gasteiger charge is 2.10. The summed E-state index contributed by atoms with van der Waals surface area (Å²) in [5.41, 5.74) is 0.861. The number of aryl methyl sites for hydroxylation is 1. The van der Waals surface area contributed by atoms with Crippen molar-refractivity contribution in [3.63, 3.8) is 0 Å². The number of unbranched alkanes of at least 4 members (excludes halogenated alkanes) is 1. The first-order valence-electron chi connectivity index (χ1n) is 4.64. The highest BCUT2D eigenvalue weighted by Crippen LogP contribution is 2.07. The zero-order chi connectivity index (χ0) is 10.4. The first-order chi connectivity index (χ1) is 6.75. The molecule has 0 unspecified atom stereocenters. The molecule has 1 N–H and O–H groups in total. The molecule has 78 valence electrons. The lowest BCUT2D eigenvalue weighted by atomic mass is 10.2. The third kappa shape index (κ3) is 3.07. The molecule has 0 aromatic carbocycles. The number of carbonyl (C=O) groups excluding carboxylic acids is 1. The Labute approximate surface area is 88.4 Å². The average Bonchev–Trinajstić information content (AvgIpc) is 2.59. The summed E-state index contributed by atoms with van der Waals surface area (Å²) in [6, 6.07) is 1.77. The molecule has 0 saturated heterocycles. The van der Waals surface area contributed by atoms with E-state index in [4.69, 9.17) is 16.0 Å². The number of halogens is 1. The maximum Gasteiger partial charge on any atom is 0.287 e. The van der Waals surface area contributed by atoms with Gasteiger partial charge in [0, 0.05) is 18.0 Å². The van der Waals surface area contributed by atoms with E-state index in [2.05, 4.69) is 5.32 Å². The van der Waals surface area contributed by atoms with Crippen LogP contribution in [-0.2, 0) is 0 Å². The van der Waals surface area contributed by atoms with E-state index >= 15 is 0 Å². The molecule has 1 heterocycles. The monoisotopic (exact) mass is 215 g/mol. The Hall–Kier alpha value is -0.960. The van der Waals surface area contributed by atoms with Crippen LogP contribution in [0.2, 0.25) is 0 Å². The molecule has 0 saturated carbocycles. The van der Waals surface area contributed by atoms with E-state index in [-0.39, 0.29) is 5.91 Å². The first kappa shape index (κ1) is 11.1. The Kier molecular flexibility index (Phi) is 4.53. The third-order valence-corrected chi connectivity index (χ3v) is 2.18. The van der Waals surface area contributed by atoms with E-state index < -0.39 is 0 Å². The summed E-state index contributed by atoms with van der Waals surface area (Å²) in [5.74, 6) is 0.883. The van der Waals surface area contributed by atoms with Crippen LogP contribution in [0.5, 0.6) is 0 Å². The van der Waals surface area contributed by atoms with E-state index in [1.807, 2.05) is 6.92 Å². The van der Waals surface area contributed by atoms with Gasteiger partial charge in [-0.3, -0.25) is 4.79 Å². The zero-order valence-electron chi connectivity index (χ0n) is 8.18. The fourth-order valence-electron chi connectivity index (χ4n) is 1.11. The number of carbonyl (C=O) groups is 1. The lowest BCUT2D eigenvalue weighted by Crippen LogP contribution is -2.24. The lowest BCUT2D eigenvalue weighted by Gasteiger charge is -2.02. The Balaban J connectivity index is 2.32. The molecule has 3 nitrogen and oxygen atoms in total.